The molecule has 0 unspecified atom stereocenters. The molecule has 0 bridgehead atoms. The van der Waals surface area contributed by atoms with E-state index in [0.717, 1.165) is 12.0 Å². The lowest BCUT2D eigenvalue weighted by Gasteiger charge is -2.50. The van der Waals surface area contributed by atoms with E-state index in [4.69, 9.17) is 0 Å². The molecular weight excluding hydrogens is 218 g/mol. The number of nitrogens with one attached hydrogen (secondary N) is 1. The lowest BCUT2D eigenvalue weighted by atomic mass is 9.55. The molecule has 0 saturated heterocycles. The van der Waals surface area contributed by atoms with Crippen LogP contribution in [0.25, 0.3) is 0 Å². The lowest BCUT2D eigenvalue weighted by Crippen LogP contribution is -2.51. The van der Waals surface area contributed by atoms with Crippen molar-refractivity contribution in [3.63, 3.8) is 0 Å². The largest absolute Gasteiger partial charge is 0.314 e. The van der Waals surface area contributed by atoms with Crippen LogP contribution < -0.4 is 5.32 Å². The molecular formula is C17H25N. The summed E-state index contributed by atoms with van der Waals surface area (Å²) in [6, 6.07) is 9.57. The molecule has 1 nitrogen and oxygen atoms in total. The van der Waals surface area contributed by atoms with E-state index < -0.39 is 0 Å². The maximum absolute atomic E-state index is 3.68. The molecule has 0 radical (unpaired) electrons. The van der Waals surface area contributed by atoms with Crippen LogP contribution >= 0.6 is 0 Å². The van der Waals surface area contributed by atoms with E-state index in [2.05, 4.69) is 50.4 Å². The van der Waals surface area contributed by atoms with Gasteiger partial charge in [0.25, 0.3) is 0 Å². The highest BCUT2D eigenvalue weighted by molar-refractivity contribution is 5.39. The normalized spacial score (nSPS) is 23.1. The summed E-state index contributed by atoms with van der Waals surface area (Å²) < 4.78 is 0. The third-order valence-corrected chi connectivity index (χ3v) is 4.95. The van der Waals surface area contributed by atoms with Crippen molar-refractivity contribution < 1.29 is 0 Å². The summed E-state index contributed by atoms with van der Waals surface area (Å²) in [5, 5.41) is 3.68. The molecule has 0 atom stereocenters. The van der Waals surface area contributed by atoms with Gasteiger partial charge in [-0.3, -0.25) is 0 Å². The van der Waals surface area contributed by atoms with Crippen molar-refractivity contribution in [2.24, 2.45) is 5.41 Å². The van der Waals surface area contributed by atoms with Crippen molar-refractivity contribution in [3.05, 3.63) is 35.4 Å². The molecule has 1 aromatic rings. The number of rotatable bonds is 4. The topological polar surface area (TPSA) is 12.0 Å². The Morgan fingerprint density at radius 1 is 1.17 bits per heavy atom. The maximum Gasteiger partial charge on any atom is 0.00910 e. The van der Waals surface area contributed by atoms with Gasteiger partial charge in [0.2, 0.25) is 0 Å². The Labute approximate surface area is 111 Å². The van der Waals surface area contributed by atoms with Crippen molar-refractivity contribution in [3.8, 4) is 0 Å². The van der Waals surface area contributed by atoms with E-state index in [9.17, 15) is 0 Å². The molecule has 0 heterocycles. The zero-order chi connectivity index (χ0) is 12.8. The predicted octanol–water partition coefficient (Wildman–Crippen LogP) is 3.80. The Bertz CT molecular complexity index is 435. The monoisotopic (exact) mass is 243 g/mol. The van der Waals surface area contributed by atoms with Crippen LogP contribution in [0.3, 0.4) is 0 Å². The van der Waals surface area contributed by atoms with Gasteiger partial charge < -0.3 is 5.32 Å². The van der Waals surface area contributed by atoms with Crippen LogP contribution in [0, 0.1) is 12.3 Å². The standard InChI is InChI=1S/C17H25N/c1-13(2)18-12-17(10-16(11-17)8-9-16)15-7-5-4-6-14(15)3/h4-7,13,18H,8-12H2,1-3H3. The summed E-state index contributed by atoms with van der Waals surface area (Å²) in [7, 11) is 0. The minimum absolute atomic E-state index is 0.423. The average Bonchev–Trinajstić information content (AvgIpc) is 3.05. The fourth-order valence-corrected chi connectivity index (χ4v) is 3.89. The molecule has 3 rings (SSSR count). The van der Waals surface area contributed by atoms with Gasteiger partial charge in [-0.2, -0.15) is 0 Å². The van der Waals surface area contributed by atoms with E-state index in [1.165, 1.54) is 31.2 Å². The second-order valence-corrected chi connectivity index (χ2v) is 6.98. The summed E-state index contributed by atoms with van der Waals surface area (Å²) in [5.41, 5.74) is 4.24. The lowest BCUT2D eigenvalue weighted by molar-refractivity contribution is 0.113. The van der Waals surface area contributed by atoms with Gasteiger partial charge in [0.05, 0.1) is 0 Å². The van der Waals surface area contributed by atoms with Crippen LogP contribution in [0.5, 0.6) is 0 Å². The minimum Gasteiger partial charge on any atom is -0.314 e. The smallest absolute Gasteiger partial charge is 0.00910 e. The van der Waals surface area contributed by atoms with Crippen molar-refractivity contribution in [1.29, 1.82) is 0 Å². The molecule has 1 aromatic carbocycles. The highest BCUT2D eigenvalue weighted by atomic mass is 14.9. The molecule has 2 aliphatic rings. The molecule has 2 fully saturated rings. The first-order valence-corrected chi connectivity index (χ1v) is 7.35. The zero-order valence-corrected chi connectivity index (χ0v) is 11.9. The number of benzene rings is 1. The highest BCUT2D eigenvalue weighted by Crippen LogP contribution is 2.69. The van der Waals surface area contributed by atoms with Gasteiger partial charge in [0.1, 0.15) is 0 Å². The molecule has 1 spiro atoms. The predicted molar refractivity (Wildman–Crippen MR) is 76.9 cm³/mol. The quantitative estimate of drug-likeness (QED) is 0.848. The van der Waals surface area contributed by atoms with Crippen molar-refractivity contribution in [2.75, 3.05) is 6.54 Å². The first-order chi connectivity index (χ1) is 8.55. The van der Waals surface area contributed by atoms with Crippen LogP contribution in [0.4, 0.5) is 0 Å². The first kappa shape index (κ1) is 12.2. The van der Waals surface area contributed by atoms with E-state index in [1.807, 2.05) is 0 Å². The molecule has 0 aliphatic heterocycles. The third kappa shape index (κ3) is 1.99. The van der Waals surface area contributed by atoms with Gasteiger partial charge in [0, 0.05) is 18.0 Å². The first-order valence-electron chi connectivity index (χ1n) is 7.35. The Hall–Kier alpha value is -0.820. The fraction of sp³-hybridized carbons (Fsp3) is 0.647. The van der Waals surface area contributed by atoms with Crippen molar-refractivity contribution in [2.45, 2.75) is 57.9 Å². The zero-order valence-electron chi connectivity index (χ0n) is 11.9. The van der Waals surface area contributed by atoms with Crippen LogP contribution in [0.15, 0.2) is 24.3 Å². The number of hydrogen-bond donors (Lipinski definition) is 1. The SMILES string of the molecule is Cc1ccccc1C1(CNC(C)C)CC2(CC2)C1. The van der Waals surface area contributed by atoms with Crippen LogP contribution in [-0.2, 0) is 5.41 Å². The van der Waals surface area contributed by atoms with E-state index >= 15 is 0 Å². The van der Waals surface area contributed by atoms with Gasteiger partial charge in [-0.05, 0) is 49.1 Å². The van der Waals surface area contributed by atoms with E-state index in [-0.39, 0.29) is 0 Å². The summed E-state index contributed by atoms with van der Waals surface area (Å²) in [4.78, 5) is 0. The molecule has 18 heavy (non-hydrogen) atoms. The average molecular weight is 243 g/mol. The molecule has 2 saturated carbocycles. The molecule has 0 aromatic heterocycles. The van der Waals surface area contributed by atoms with Crippen molar-refractivity contribution >= 4 is 0 Å². The number of hydrogen-bond acceptors (Lipinski definition) is 1. The van der Waals surface area contributed by atoms with Gasteiger partial charge >= 0.3 is 0 Å². The molecule has 98 valence electrons. The van der Waals surface area contributed by atoms with Crippen LogP contribution in [-0.4, -0.2) is 12.6 Å². The van der Waals surface area contributed by atoms with Crippen LogP contribution in [0.2, 0.25) is 0 Å². The Kier molecular flexibility index (Phi) is 2.78. The van der Waals surface area contributed by atoms with E-state index in [0.29, 0.717) is 11.5 Å². The summed E-state index contributed by atoms with van der Waals surface area (Å²) in [6.45, 7) is 7.91. The van der Waals surface area contributed by atoms with Crippen LogP contribution in [0.1, 0.15) is 50.7 Å². The fourth-order valence-electron chi connectivity index (χ4n) is 3.89. The maximum atomic E-state index is 3.68. The minimum atomic E-state index is 0.423. The summed E-state index contributed by atoms with van der Waals surface area (Å²) in [5.74, 6) is 0. The Balaban J connectivity index is 1.84. The summed E-state index contributed by atoms with van der Waals surface area (Å²) in [6.07, 6.45) is 5.76. The summed E-state index contributed by atoms with van der Waals surface area (Å²) >= 11 is 0. The highest BCUT2D eigenvalue weighted by Gasteiger charge is 2.61. The third-order valence-electron chi connectivity index (χ3n) is 4.95. The van der Waals surface area contributed by atoms with Gasteiger partial charge in [-0.15, -0.1) is 0 Å². The second-order valence-electron chi connectivity index (χ2n) is 6.98. The van der Waals surface area contributed by atoms with Crippen molar-refractivity contribution in [1.82, 2.24) is 5.32 Å². The second kappa shape index (κ2) is 4.09. The van der Waals surface area contributed by atoms with Gasteiger partial charge in [0.15, 0.2) is 0 Å². The van der Waals surface area contributed by atoms with Gasteiger partial charge in [-0.1, -0.05) is 38.1 Å². The molecule has 1 heteroatoms. The Morgan fingerprint density at radius 2 is 1.83 bits per heavy atom. The van der Waals surface area contributed by atoms with Gasteiger partial charge in [-0.25, -0.2) is 0 Å². The van der Waals surface area contributed by atoms with E-state index in [1.54, 1.807) is 5.56 Å². The number of aryl methyl sites for hydroxylation is 1. The molecule has 0 amide bonds. The molecule has 2 aliphatic carbocycles. The molecule has 1 N–H and O–H groups in total. The Morgan fingerprint density at radius 3 is 2.39 bits per heavy atom.